The third kappa shape index (κ3) is 10.1. The molecule has 1 heterocycles. The molecule has 4 atom stereocenters. The number of amides is 4. The largest absolute Gasteiger partial charge is 0.481 e. The van der Waals surface area contributed by atoms with Crippen molar-refractivity contribution < 1.29 is 39.0 Å². The van der Waals surface area contributed by atoms with Crippen molar-refractivity contribution in [3.05, 3.63) is 0 Å². The molecule has 1 saturated heterocycles. The van der Waals surface area contributed by atoms with Crippen molar-refractivity contribution in [2.24, 2.45) is 27.9 Å². The Labute approximate surface area is 206 Å². The van der Waals surface area contributed by atoms with Gasteiger partial charge in [-0.3, -0.25) is 29.0 Å². The highest BCUT2D eigenvalue weighted by atomic mass is 16.4. The van der Waals surface area contributed by atoms with Crippen LogP contribution in [0.1, 0.15) is 44.9 Å². The number of hydrogen-bond acceptors (Lipinski definition) is 8. The van der Waals surface area contributed by atoms with Crippen LogP contribution in [0, 0.1) is 0 Å². The van der Waals surface area contributed by atoms with Gasteiger partial charge in [-0.25, -0.2) is 4.79 Å². The minimum Gasteiger partial charge on any atom is -0.481 e. The molecule has 0 bridgehead atoms. The van der Waals surface area contributed by atoms with Gasteiger partial charge in [-0.15, -0.1) is 0 Å². The number of nitrogens with one attached hydrogen (secondary N) is 2. The van der Waals surface area contributed by atoms with Gasteiger partial charge in [0.2, 0.25) is 23.6 Å². The van der Waals surface area contributed by atoms with E-state index in [1.54, 1.807) is 0 Å². The molecule has 0 aromatic heterocycles. The first-order chi connectivity index (χ1) is 16.8. The van der Waals surface area contributed by atoms with Gasteiger partial charge in [-0.2, -0.15) is 0 Å². The molecule has 0 saturated carbocycles. The number of carbonyl (C=O) groups is 6. The Morgan fingerprint density at radius 2 is 1.67 bits per heavy atom. The number of carboxylic acids is 2. The molecular formula is C20H34N8O8. The third-order valence-corrected chi connectivity index (χ3v) is 5.43. The molecule has 16 heteroatoms. The first kappa shape index (κ1) is 30.1. The molecule has 1 rings (SSSR count). The lowest BCUT2D eigenvalue weighted by molar-refractivity contribution is -0.145. The average molecular weight is 515 g/mol. The number of likely N-dealkylation sites (tertiary alicyclic amines) is 1. The van der Waals surface area contributed by atoms with Crippen LogP contribution in [-0.2, 0) is 28.8 Å². The van der Waals surface area contributed by atoms with Gasteiger partial charge < -0.3 is 48.7 Å². The minimum atomic E-state index is -1.63. The van der Waals surface area contributed by atoms with E-state index in [2.05, 4.69) is 15.6 Å². The molecule has 12 N–H and O–H groups in total. The number of guanidine groups is 1. The smallest absolute Gasteiger partial charge is 0.326 e. The number of primary amides is 1. The summed E-state index contributed by atoms with van der Waals surface area (Å²) in [5.41, 5.74) is 21.4. The van der Waals surface area contributed by atoms with Crippen LogP contribution in [-0.4, -0.2) is 93.9 Å². The quantitative estimate of drug-likeness (QED) is 0.0594. The molecule has 202 valence electrons. The molecule has 4 amide bonds. The molecule has 0 aromatic carbocycles. The second kappa shape index (κ2) is 14.4. The Kier molecular flexibility index (Phi) is 12.1. The molecule has 4 unspecified atom stereocenters. The number of hydrogen-bond donors (Lipinski definition) is 8. The Morgan fingerprint density at radius 1 is 1.00 bits per heavy atom. The summed E-state index contributed by atoms with van der Waals surface area (Å²) in [6, 6.07) is -5.07. The standard InChI is InChI=1S/C20H34N8O8/c21-10(3-1-7-25-20(23)24)18(34)28-8-2-4-13(28)17(33)27-12(9-15(30)31)16(32)26-11(19(35)36)5-6-14(22)29/h10-13H,1-9,21H2,(H2,22,29)(H,26,32)(H,27,33)(H,30,31)(H,35,36)(H4,23,24,25). The highest BCUT2D eigenvalue weighted by Crippen LogP contribution is 2.19. The van der Waals surface area contributed by atoms with E-state index in [4.69, 9.17) is 28.0 Å². The van der Waals surface area contributed by atoms with Crippen LogP contribution >= 0.6 is 0 Å². The monoisotopic (exact) mass is 514 g/mol. The maximum Gasteiger partial charge on any atom is 0.326 e. The van der Waals surface area contributed by atoms with Gasteiger partial charge in [0.05, 0.1) is 12.5 Å². The van der Waals surface area contributed by atoms with Gasteiger partial charge in [0, 0.05) is 19.5 Å². The van der Waals surface area contributed by atoms with Crippen LogP contribution in [0.5, 0.6) is 0 Å². The molecular weight excluding hydrogens is 480 g/mol. The van der Waals surface area contributed by atoms with Gasteiger partial charge in [0.15, 0.2) is 5.96 Å². The second-order valence-corrected chi connectivity index (χ2v) is 8.31. The van der Waals surface area contributed by atoms with E-state index >= 15 is 0 Å². The lowest BCUT2D eigenvalue weighted by Crippen LogP contribution is -2.57. The fourth-order valence-corrected chi connectivity index (χ4v) is 3.63. The van der Waals surface area contributed by atoms with E-state index in [-0.39, 0.29) is 44.7 Å². The van der Waals surface area contributed by atoms with Crippen LogP contribution in [0.4, 0.5) is 0 Å². The molecule has 1 aliphatic heterocycles. The van der Waals surface area contributed by atoms with Gasteiger partial charge in [0.1, 0.15) is 18.1 Å². The Bertz CT molecular complexity index is 876. The average Bonchev–Trinajstić information content (AvgIpc) is 3.27. The minimum absolute atomic E-state index is 0.0892. The van der Waals surface area contributed by atoms with E-state index in [0.717, 1.165) is 0 Å². The topological polar surface area (TPSA) is 287 Å². The highest BCUT2D eigenvalue weighted by Gasteiger charge is 2.38. The van der Waals surface area contributed by atoms with Crippen molar-refractivity contribution in [1.82, 2.24) is 15.5 Å². The summed E-state index contributed by atoms with van der Waals surface area (Å²) in [4.78, 5) is 77.0. The van der Waals surface area contributed by atoms with Gasteiger partial charge in [-0.05, 0) is 32.1 Å². The van der Waals surface area contributed by atoms with Crippen molar-refractivity contribution in [2.45, 2.75) is 69.1 Å². The molecule has 16 nitrogen and oxygen atoms in total. The summed E-state index contributed by atoms with van der Waals surface area (Å²) in [5, 5.41) is 22.8. The predicted molar refractivity (Wildman–Crippen MR) is 125 cm³/mol. The van der Waals surface area contributed by atoms with Crippen molar-refractivity contribution in [2.75, 3.05) is 13.1 Å². The van der Waals surface area contributed by atoms with E-state index in [1.165, 1.54) is 4.90 Å². The van der Waals surface area contributed by atoms with Crippen LogP contribution < -0.4 is 33.6 Å². The normalized spacial score (nSPS) is 17.4. The van der Waals surface area contributed by atoms with Gasteiger partial charge in [-0.1, -0.05) is 0 Å². The zero-order valence-corrected chi connectivity index (χ0v) is 19.7. The number of carbonyl (C=O) groups excluding carboxylic acids is 4. The molecule has 1 aliphatic rings. The molecule has 0 aromatic rings. The Hall–Kier alpha value is -3.95. The van der Waals surface area contributed by atoms with Crippen molar-refractivity contribution in [3.63, 3.8) is 0 Å². The first-order valence-corrected chi connectivity index (χ1v) is 11.3. The number of aliphatic imine (C=N–C) groups is 1. The first-order valence-electron chi connectivity index (χ1n) is 11.3. The van der Waals surface area contributed by atoms with Gasteiger partial charge >= 0.3 is 11.9 Å². The molecule has 0 radical (unpaired) electrons. The maximum absolute atomic E-state index is 12.9. The van der Waals surface area contributed by atoms with E-state index < -0.39 is 66.2 Å². The fourth-order valence-electron chi connectivity index (χ4n) is 3.63. The summed E-state index contributed by atoms with van der Waals surface area (Å²) in [6.45, 7) is 0.512. The number of nitrogens with zero attached hydrogens (tertiary/aromatic N) is 2. The lowest BCUT2D eigenvalue weighted by atomic mass is 10.1. The van der Waals surface area contributed by atoms with E-state index in [0.29, 0.717) is 12.8 Å². The molecule has 0 spiro atoms. The van der Waals surface area contributed by atoms with Gasteiger partial charge in [0.25, 0.3) is 0 Å². The second-order valence-electron chi connectivity index (χ2n) is 8.31. The Balaban J connectivity index is 2.85. The third-order valence-electron chi connectivity index (χ3n) is 5.43. The summed E-state index contributed by atoms with van der Waals surface area (Å²) in [6.07, 6.45) is -0.0761. The fraction of sp³-hybridized carbons (Fsp3) is 0.650. The van der Waals surface area contributed by atoms with Crippen molar-refractivity contribution >= 4 is 41.5 Å². The highest BCUT2D eigenvalue weighted by molar-refractivity contribution is 5.96. The zero-order chi connectivity index (χ0) is 27.4. The number of nitrogens with two attached hydrogens (primary N) is 4. The van der Waals surface area contributed by atoms with Crippen LogP contribution in [0.15, 0.2) is 4.99 Å². The maximum atomic E-state index is 12.9. The predicted octanol–water partition coefficient (Wildman–Crippen LogP) is -3.85. The van der Waals surface area contributed by atoms with Crippen LogP contribution in [0.3, 0.4) is 0 Å². The SMILES string of the molecule is NC(=O)CCC(NC(=O)C(CC(=O)O)NC(=O)C1CCCN1C(=O)C(N)CCCN=C(N)N)C(=O)O. The lowest BCUT2D eigenvalue weighted by Gasteiger charge is -2.28. The van der Waals surface area contributed by atoms with Crippen LogP contribution in [0.2, 0.25) is 0 Å². The van der Waals surface area contributed by atoms with E-state index in [9.17, 15) is 33.9 Å². The summed E-state index contributed by atoms with van der Waals surface area (Å²) < 4.78 is 0. The molecule has 0 aliphatic carbocycles. The van der Waals surface area contributed by atoms with Crippen molar-refractivity contribution in [1.29, 1.82) is 0 Å². The van der Waals surface area contributed by atoms with Crippen molar-refractivity contribution in [3.8, 4) is 0 Å². The van der Waals surface area contributed by atoms with E-state index in [1.807, 2.05) is 0 Å². The molecule has 36 heavy (non-hydrogen) atoms. The molecule has 1 fully saturated rings. The number of rotatable bonds is 15. The summed E-state index contributed by atoms with van der Waals surface area (Å²) in [7, 11) is 0. The Morgan fingerprint density at radius 3 is 2.22 bits per heavy atom. The summed E-state index contributed by atoms with van der Waals surface area (Å²) in [5.74, 6) is -6.11. The summed E-state index contributed by atoms with van der Waals surface area (Å²) >= 11 is 0. The zero-order valence-electron chi connectivity index (χ0n) is 19.7. The number of aliphatic carboxylic acids is 2. The van der Waals surface area contributed by atoms with Crippen LogP contribution in [0.25, 0.3) is 0 Å². The number of carboxylic acid groups (broad SMARTS) is 2.